The summed E-state index contributed by atoms with van der Waals surface area (Å²) in [5, 5.41) is 21.6. The number of aromatic nitrogens is 1. The van der Waals surface area contributed by atoms with E-state index < -0.39 is 29.2 Å². The molecule has 1 saturated heterocycles. The molecule has 6 rings (SSSR count). The summed E-state index contributed by atoms with van der Waals surface area (Å²) in [6.45, 7) is 11.6. The summed E-state index contributed by atoms with van der Waals surface area (Å²) in [7, 11) is 0. The van der Waals surface area contributed by atoms with Crippen molar-refractivity contribution in [2.24, 2.45) is 0 Å². The summed E-state index contributed by atoms with van der Waals surface area (Å²) in [5.74, 6) is -0.435. The largest absolute Gasteiger partial charge is 0.451 e. The predicted molar refractivity (Wildman–Crippen MR) is 178 cm³/mol. The minimum absolute atomic E-state index is 0.0621. The van der Waals surface area contributed by atoms with Gasteiger partial charge in [-0.25, -0.2) is 4.39 Å². The molecule has 2 unspecified atom stereocenters. The average Bonchev–Trinajstić information content (AvgIpc) is 3.43. The van der Waals surface area contributed by atoms with Gasteiger partial charge >= 0.3 is 0 Å². The van der Waals surface area contributed by atoms with E-state index >= 15 is 4.39 Å². The lowest BCUT2D eigenvalue weighted by Crippen LogP contribution is -2.44. The van der Waals surface area contributed by atoms with Crippen LogP contribution >= 0.6 is 0 Å². The Labute approximate surface area is 267 Å². The zero-order chi connectivity index (χ0) is 32.7. The third-order valence-electron chi connectivity index (χ3n) is 8.25. The zero-order valence-electron chi connectivity index (χ0n) is 26.9. The van der Waals surface area contributed by atoms with Crippen LogP contribution in [0.3, 0.4) is 0 Å². The van der Waals surface area contributed by atoms with E-state index in [1.807, 2.05) is 62.1 Å². The molecule has 0 radical (unpaired) electrons. The SMILES string of the molecule is CC(C)NCCCNC(=O)c1cn2c3c(c(N4CCC(NC(O)OC(C)(C)C)C4)c(F)cc3c1=O)Oc1cc3ccccc3cc1-2. The van der Waals surface area contributed by atoms with Gasteiger partial charge in [0.05, 0.1) is 16.7 Å². The van der Waals surface area contributed by atoms with E-state index in [-0.39, 0.29) is 28.4 Å². The molecule has 1 fully saturated rings. The van der Waals surface area contributed by atoms with Crippen LogP contribution < -0.4 is 31.0 Å². The highest BCUT2D eigenvalue weighted by molar-refractivity contribution is 6.02. The van der Waals surface area contributed by atoms with Crippen molar-refractivity contribution in [3.63, 3.8) is 0 Å². The van der Waals surface area contributed by atoms with Crippen LogP contribution in [0.5, 0.6) is 11.5 Å². The Morgan fingerprint density at radius 1 is 1.15 bits per heavy atom. The summed E-state index contributed by atoms with van der Waals surface area (Å²) in [5.41, 5.74) is 0.0926. The number of hydrogen-bond donors (Lipinski definition) is 4. The van der Waals surface area contributed by atoms with Crippen LogP contribution in [0.2, 0.25) is 0 Å². The number of ether oxygens (including phenoxy) is 2. The van der Waals surface area contributed by atoms with Gasteiger partial charge in [0.15, 0.2) is 17.3 Å². The van der Waals surface area contributed by atoms with Gasteiger partial charge in [-0.15, -0.1) is 0 Å². The van der Waals surface area contributed by atoms with Crippen molar-refractivity contribution in [3.05, 3.63) is 70.3 Å². The van der Waals surface area contributed by atoms with E-state index in [0.717, 1.165) is 17.3 Å². The monoisotopic (exact) mass is 631 g/mol. The predicted octanol–water partition coefficient (Wildman–Crippen LogP) is 4.77. The number of amides is 1. The molecule has 244 valence electrons. The molecule has 0 saturated carbocycles. The standard InChI is InChI=1S/C35H42FN5O5/c1-20(2)37-12-8-13-38-33(43)25-19-41-27-15-21-9-6-7-10-22(21)16-28(27)45-32-29(41)24(31(25)42)17-26(36)30(32)40-14-11-23(18-40)39-34(44)46-35(3,4)5/h6-7,9-10,15-17,19-20,23,34,37,39,44H,8,11-14,18H2,1-5H3,(H,38,43). The molecule has 11 heteroatoms. The number of carbonyl (C=O) groups excluding carboxylic acids is 1. The van der Waals surface area contributed by atoms with E-state index in [1.165, 1.54) is 6.07 Å². The van der Waals surface area contributed by atoms with E-state index in [4.69, 9.17) is 9.47 Å². The molecule has 46 heavy (non-hydrogen) atoms. The maximum atomic E-state index is 16.2. The molecule has 10 nitrogen and oxygen atoms in total. The first-order chi connectivity index (χ1) is 21.9. The van der Waals surface area contributed by atoms with Crippen molar-refractivity contribution in [2.75, 3.05) is 31.1 Å². The number of nitrogens with one attached hydrogen (secondary N) is 3. The molecule has 2 atom stereocenters. The summed E-state index contributed by atoms with van der Waals surface area (Å²) in [6.07, 6.45) is 1.69. The number of aliphatic hydroxyl groups excluding tert-OH is 1. The highest BCUT2D eigenvalue weighted by Crippen LogP contribution is 2.48. The molecule has 0 aliphatic carbocycles. The van der Waals surface area contributed by atoms with Gasteiger partial charge in [-0.3, -0.25) is 14.9 Å². The minimum atomic E-state index is -1.18. The van der Waals surface area contributed by atoms with E-state index in [9.17, 15) is 14.7 Å². The highest BCUT2D eigenvalue weighted by atomic mass is 19.1. The Morgan fingerprint density at radius 3 is 2.61 bits per heavy atom. The Bertz CT molecular complexity index is 1850. The van der Waals surface area contributed by atoms with Crippen molar-refractivity contribution < 1.29 is 23.8 Å². The molecule has 3 heterocycles. The van der Waals surface area contributed by atoms with Crippen LogP contribution in [-0.2, 0) is 4.74 Å². The van der Waals surface area contributed by atoms with Gasteiger partial charge in [-0.1, -0.05) is 38.1 Å². The number of rotatable bonds is 10. The Kier molecular flexibility index (Phi) is 8.77. The fraction of sp³-hybridized carbons (Fsp3) is 0.429. The highest BCUT2D eigenvalue weighted by Gasteiger charge is 2.34. The number of halogens is 1. The molecule has 4 N–H and O–H groups in total. The van der Waals surface area contributed by atoms with Gasteiger partial charge < -0.3 is 34.7 Å². The summed E-state index contributed by atoms with van der Waals surface area (Å²) >= 11 is 0. The second kappa shape index (κ2) is 12.6. The molecule has 0 bridgehead atoms. The van der Waals surface area contributed by atoms with Crippen LogP contribution in [-0.4, -0.2) is 65.9 Å². The quantitative estimate of drug-likeness (QED) is 0.129. The first-order valence-electron chi connectivity index (χ1n) is 15.9. The normalized spacial score (nSPS) is 16.6. The van der Waals surface area contributed by atoms with Crippen LogP contribution in [0.25, 0.3) is 27.4 Å². The number of aliphatic hydroxyl groups is 1. The maximum absolute atomic E-state index is 16.2. The molecule has 2 aliphatic rings. The van der Waals surface area contributed by atoms with Crippen LogP contribution in [0.1, 0.15) is 57.8 Å². The molecule has 2 aliphatic heterocycles. The number of carbonyl (C=O) groups is 1. The van der Waals surface area contributed by atoms with Crippen molar-refractivity contribution >= 4 is 33.3 Å². The summed E-state index contributed by atoms with van der Waals surface area (Å²) in [4.78, 5) is 29.0. The van der Waals surface area contributed by atoms with Gasteiger partial charge in [0, 0.05) is 37.9 Å². The second-order valence-electron chi connectivity index (χ2n) is 13.3. The number of fused-ring (bicyclic) bond motifs is 3. The number of hydrogen-bond acceptors (Lipinski definition) is 8. The molecule has 3 aromatic carbocycles. The van der Waals surface area contributed by atoms with E-state index in [2.05, 4.69) is 29.8 Å². The topological polar surface area (TPSA) is 117 Å². The number of nitrogens with zero attached hydrogens (tertiary/aromatic N) is 2. The summed E-state index contributed by atoms with van der Waals surface area (Å²) in [6, 6.07) is 13.0. The van der Waals surface area contributed by atoms with Crippen LogP contribution in [0, 0.1) is 5.82 Å². The van der Waals surface area contributed by atoms with Gasteiger partial charge in [0.25, 0.3) is 5.91 Å². The minimum Gasteiger partial charge on any atom is -0.451 e. The molecule has 4 aromatic rings. The Morgan fingerprint density at radius 2 is 1.89 bits per heavy atom. The lowest BCUT2D eigenvalue weighted by molar-refractivity contribution is -0.184. The van der Waals surface area contributed by atoms with Gasteiger partial charge in [0.2, 0.25) is 11.8 Å². The fourth-order valence-corrected chi connectivity index (χ4v) is 6.19. The lowest BCUT2D eigenvalue weighted by atomic mass is 10.0. The van der Waals surface area contributed by atoms with Gasteiger partial charge in [-0.2, -0.15) is 0 Å². The molecule has 1 amide bonds. The van der Waals surface area contributed by atoms with Gasteiger partial charge in [0.1, 0.15) is 16.8 Å². The van der Waals surface area contributed by atoms with Crippen molar-refractivity contribution in [1.29, 1.82) is 0 Å². The van der Waals surface area contributed by atoms with Crippen molar-refractivity contribution in [3.8, 4) is 17.2 Å². The summed E-state index contributed by atoms with van der Waals surface area (Å²) < 4.78 is 30.1. The van der Waals surface area contributed by atoms with Crippen molar-refractivity contribution in [1.82, 2.24) is 20.5 Å². The first kappa shape index (κ1) is 31.9. The van der Waals surface area contributed by atoms with Gasteiger partial charge in [-0.05, 0) is 69.1 Å². The molecule has 1 aromatic heterocycles. The molecular weight excluding hydrogens is 589 g/mol. The third-order valence-corrected chi connectivity index (χ3v) is 8.25. The van der Waals surface area contributed by atoms with E-state index in [1.54, 1.807) is 10.8 Å². The Balaban J connectivity index is 1.41. The average molecular weight is 632 g/mol. The smallest absolute Gasteiger partial charge is 0.256 e. The van der Waals surface area contributed by atoms with Crippen LogP contribution in [0.4, 0.5) is 10.1 Å². The van der Waals surface area contributed by atoms with Crippen LogP contribution in [0.15, 0.2) is 53.5 Å². The Hall–Kier alpha value is -4.03. The number of benzene rings is 3. The first-order valence-corrected chi connectivity index (χ1v) is 15.9. The number of pyridine rings is 1. The lowest BCUT2D eigenvalue weighted by Gasteiger charge is -2.30. The van der Waals surface area contributed by atoms with E-state index in [0.29, 0.717) is 55.5 Å². The fourth-order valence-electron chi connectivity index (χ4n) is 6.19. The molecule has 0 spiro atoms. The maximum Gasteiger partial charge on any atom is 0.256 e. The van der Waals surface area contributed by atoms with Crippen molar-refractivity contribution in [2.45, 2.75) is 71.6 Å². The second-order valence-corrected chi connectivity index (χ2v) is 13.3. The molecular formula is C35H42FN5O5. The number of anilines is 1. The third kappa shape index (κ3) is 6.46. The zero-order valence-corrected chi connectivity index (χ0v) is 26.9.